The number of rotatable bonds is 3. The maximum atomic E-state index is 6.51. The summed E-state index contributed by atoms with van der Waals surface area (Å²) in [5.41, 5.74) is 10.8. The van der Waals surface area contributed by atoms with E-state index in [9.17, 15) is 0 Å². The van der Waals surface area contributed by atoms with Crippen molar-refractivity contribution >= 4 is 28.3 Å². The molecule has 136 valence electrons. The molecule has 0 bridgehead atoms. The van der Waals surface area contributed by atoms with Crippen molar-refractivity contribution in [3.63, 3.8) is 0 Å². The van der Waals surface area contributed by atoms with E-state index in [4.69, 9.17) is 22.3 Å². The van der Waals surface area contributed by atoms with E-state index in [2.05, 4.69) is 21.8 Å². The van der Waals surface area contributed by atoms with Gasteiger partial charge in [0.05, 0.1) is 34.0 Å². The molecule has 0 amide bonds. The van der Waals surface area contributed by atoms with Gasteiger partial charge in [-0.15, -0.1) is 5.92 Å². The lowest BCUT2D eigenvalue weighted by atomic mass is 10.0. The molecule has 0 radical (unpaired) electrons. The van der Waals surface area contributed by atoms with Crippen molar-refractivity contribution in [2.45, 2.75) is 13.3 Å². The molecule has 4 nitrogen and oxygen atoms in total. The molecule has 5 heteroatoms. The fourth-order valence-electron chi connectivity index (χ4n) is 3.07. The predicted molar refractivity (Wildman–Crippen MR) is 115 cm³/mol. The molecule has 0 aliphatic rings. The van der Waals surface area contributed by atoms with Crippen LogP contribution in [-0.2, 0) is 6.42 Å². The molecular weight excluding hydrogens is 368 g/mol. The van der Waals surface area contributed by atoms with Gasteiger partial charge in [0.15, 0.2) is 0 Å². The van der Waals surface area contributed by atoms with Crippen LogP contribution in [0.1, 0.15) is 12.6 Å². The van der Waals surface area contributed by atoms with Crippen LogP contribution < -0.4 is 5.73 Å². The molecule has 2 aromatic carbocycles. The van der Waals surface area contributed by atoms with Gasteiger partial charge in [-0.3, -0.25) is 4.98 Å². The van der Waals surface area contributed by atoms with Crippen LogP contribution in [0.15, 0.2) is 60.8 Å². The van der Waals surface area contributed by atoms with Gasteiger partial charge in [0.2, 0.25) is 0 Å². The molecule has 2 N–H and O–H groups in total. The fourth-order valence-corrected chi connectivity index (χ4v) is 3.34. The highest BCUT2D eigenvalue weighted by Gasteiger charge is 2.16. The Hall–Kier alpha value is -3.42. The molecule has 0 spiro atoms. The highest BCUT2D eigenvalue weighted by atomic mass is 35.5. The second-order valence-electron chi connectivity index (χ2n) is 6.26. The zero-order valence-corrected chi connectivity index (χ0v) is 16.0. The zero-order valence-electron chi connectivity index (χ0n) is 15.3. The Bertz CT molecular complexity index is 1220. The normalized spacial score (nSPS) is 10.5. The highest BCUT2D eigenvalue weighted by Crippen LogP contribution is 2.34. The van der Waals surface area contributed by atoms with E-state index in [0.717, 1.165) is 27.7 Å². The van der Waals surface area contributed by atoms with Crippen molar-refractivity contribution in [3.05, 3.63) is 71.5 Å². The van der Waals surface area contributed by atoms with Crippen molar-refractivity contribution in [2.24, 2.45) is 0 Å². The third-order valence-corrected chi connectivity index (χ3v) is 4.70. The number of hydrogen-bond donors (Lipinski definition) is 1. The van der Waals surface area contributed by atoms with Crippen LogP contribution in [0.25, 0.3) is 33.4 Å². The topological polar surface area (TPSA) is 64.7 Å². The number of nitrogens with two attached hydrogens (primary N) is 1. The second kappa shape index (κ2) is 7.67. The maximum absolute atomic E-state index is 6.51. The van der Waals surface area contributed by atoms with E-state index in [1.54, 1.807) is 13.1 Å². The lowest BCUT2D eigenvalue weighted by molar-refractivity contribution is 1.09. The number of aromatic nitrogens is 3. The first-order chi connectivity index (χ1) is 13.7. The lowest BCUT2D eigenvalue weighted by Crippen LogP contribution is -2.05. The van der Waals surface area contributed by atoms with E-state index in [1.807, 2.05) is 54.6 Å². The van der Waals surface area contributed by atoms with Crippen molar-refractivity contribution in [2.75, 3.05) is 5.73 Å². The number of halogens is 1. The van der Waals surface area contributed by atoms with Crippen molar-refractivity contribution < 1.29 is 0 Å². The standard InChI is InChI=1S/C23H17ClN4/c1-2-3-11-19-23(25)28-21(15-8-5-4-6-9-15)22(27-19)17-13-16-10-7-12-26-20(16)18(24)14-17/h4-10,12-14H,11H2,1H3,(H2,25,28). The SMILES string of the molecule is CC#CCc1nc(-c2cc(Cl)c3ncccc3c2)c(-c2ccccc2)nc1N. The summed E-state index contributed by atoms with van der Waals surface area (Å²) in [7, 11) is 0. The Morgan fingerprint density at radius 3 is 2.54 bits per heavy atom. The molecule has 0 aliphatic carbocycles. The summed E-state index contributed by atoms with van der Waals surface area (Å²) in [6, 6.07) is 17.6. The average Bonchev–Trinajstić information content (AvgIpc) is 2.73. The quantitative estimate of drug-likeness (QED) is 0.495. The van der Waals surface area contributed by atoms with Gasteiger partial charge in [0.25, 0.3) is 0 Å². The Labute approximate surface area is 168 Å². The lowest BCUT2D eigenvalue weighted by Gasteiger charge is -2.13. The molecule has 0 atom stereocenters. The molecule has 4 rings (SSSR count). The molecule has 0 saturated carbocycles. The molecule has 28 heavy (non-hydrogen) atoms. The molecule has 0 aliphatic heterocycles. The Morgan fingerprint density at radius 2 is 1.75 bits per heavy atom. The van der Waals surface area contributed by atoms with E-state index in [-0.39, 0.29) is 0 Å². The highest BCUT2D eigenvalue weighted by molar-refractivity contribution is 6.35. The minimum Gasteiger partial charge on any atom is -0.382 e. The number of anilines is 1. The number of pyridine rings is 1. The first-order valence-electron chi connectivity index (χ1n) is 8.83. The summed E-state index contributed by atoms with van der Waals surface area (Å²) < 4.78 is 0. The number of nitrogens with zero attached hydrogens (tertiary/aromatic N) is 3. The summed E-state index contributed by atoms with van der Waals surface area (Å²) in [5, 5.41) is 1.51. The molecule has 2 heterocycles. The van der Waals surface area contributed by atoms with Crippen molar-refractivity contribution in [3.8, 4) is 34.4 Å². The Kier molecular flexibility index (Phi) is 4.92. The van der Waals surface area contributed by atoms with Gasteiger partial charge in [0, 0.05) is 22.7 Å². The molecule has 0 fully saturated rings. The van der Waals surface area contributed by atoms with E-state index >= 15 is 0 Å². The van der Waals surface area contributed by atoms with Gasteiger partial charge in [-0.05, 0) is 25.1 Å². The van der Waals surface area contributed by atoms with Gasteiger partial charge in [-0.1, -0.05) is 53.9 Å². The Morgan fingerprint density at radius 1 is 0.964 bits per heavy atom. The minimum atomic E-state index is 0.388. The number of fused-ring (bicyclic) bond motifs is 1. The van der Waals surface area contributed by atoms with Crippen LogP contribution >= 0.6 is 11.6 Å². The van der Waals surface area contributed by atoms with E-state index < -0.39 is 0 Å². The summed E-state index contributed by atoms with van der Waals surface area (Å²) in [6.07, 6.45) is 2.17. The Balaban J connectivity index is 1.99. The predicted octanol–water partition coefficient (Wildman–Crippen LogP) is 5.16. The van der Waals surface area contributed by atoms with E-state index in [1.165, 1.54) is 0 Å². The van der Waals surface area contributed by atoms with Crippen molar-refractivity contribution in [1.29, 1.82) is 0 Å². The third kappa shape index (κ3) is 3.40. The smallest absolute Gasteiger partial charge is 0.146 e. The minimum absolute atomic E-state index is 0.388. The second-order valence-corrected chi connectivity index (χ2v) is 6.66. The van der Waals surface area contributed by atoms with Gasteiger partial charge >= 0.3 is 0 Å². The van der Waals surface area contributed by atoms with Crippen LogP contribution in [0.2, 0.25) is 5.02 Å². The molecular formula is C23H17ClN4. The van der Waals surface area contributed by atoms with Gasteiger partial charge in [-0.2, -0.15) is 0 Å². The molecule has 4 aromatic rings. The maximum Gasteiger partial charge on any atom is 0.146 e. The summed E-state index contributed by atoms with van der Waals surface area (Å²) in [5.74, 6) is 6.28. The summed E-state index contributed by atoms with van der Waals surface area (Å²) >= 11 is 6.51. The monoisotopic (exact) mass is 384 g/mol. The zero-order chi connectivity index (χ0) is 19.5. The molecule has 0 unspecified atom stereocenters. The molecule has 2 aromatic heterocycles. The largest absolute Gasteiger partial charge is 0.382 e. The first-order valence-corrected chi connectivity index (χ1v) is 9.21. The van der Waals surface area contributed by atoms with Crippen molar-refractivity contribution in [1.82, 2.24) is 15.0 Å². The third-order valence-electron chi connectivity index (χ3n) is 4.41. The van der Waals surface area contributed by atoms with Gasteiger partial charge in [-0.25, -0.2) is 9.97 Å². The fraction of sp³-hybridized carbons (Fsp3) is 0.0870. The first kappa shape index (κ1) is 18.0. The number of nitrogen functional groups attached to an aromatic ring is 1. The summed E-state index contributed by atoms with van der Waals surface area (Å²) in [6.45, 7) is 1.79. The van der Waals surface area contributed by atoms with Crippen LogP contribution in [0.3, 0.4) is 0 Å². The van der Waals surface area contributed by atoms with Crippen LogP contribution in [0, 0.1) is 11.8 Å². The molecule has 0 saturated heterocycles. The van der Waals surface area contributed by atoms with Gasteiger partial charge < -0.3 is 5.73 Å². The van der Waals surface area contributed by atoms with Crippen LogP contribution in [-0.4, -0.2) is 15.0 Å². The van der Waals surface area contributed by atoms with E-state index in [0.29, 0.717) is 28.6 Å². The van der Waals surface area contributed by atoms with Crippen LogP contribution in [0.5, 0.6) is 0 Å². The average molecular weight is 385 g/mol. The summed E-state index contributed by atoms with van der Waals surface area (Å²) in [4.78, 5) is 13.9. The van der Waals surface area contributed by atoms with Gasteiger partial charge in [0.1, 0.15) is 5.82 Å². The number of hydrogen-bond acceptors (Lipinski definition) is 4. The van der Waals surface area contributed by atoms with Crippen LogP contribution in [0.4, 0.5) is 5.82 Å². The number of benzene rings is 2.